The van der Waals surface area contributed by atoms with Crippen LogP contribution in [0.5, 0.6) is 5.75 Å². The fourth-order valence-electron chi connectivity index (χ4n) is 3.85. The van der Waals surface area contributed by atoms with Crippen LogP contribution >= 0.6 is 11.6 Å². The van der Waals surface area contributed by atoms with Gasteiger partial charge in [0.15, 0.2) is 11.9 Å². The quantitative estimate of drug-likeness (QED) is 0.329. The van der Waals surface area contributed by atoms with E-state index < -0.39 is 36.3 Å². The molecule has 0 fully saturated rings. The molecule has 0 saturated heterocycles. The van der Waals surface area contributed by atoms with Crippen LogP contribution in [0.4, 0.5) is 8.78 Å². The number of aliphatic hydroxyl groups excluding tert-OH is 2. The van der Waals surface area contributed by atoms with Crippen molar-refractivity contribution >= 4 is 28.4 Å². The molecule has 2 heterocycles. The van der Waals surface area contributed by atoms with Gasteiger partial charge in [-0.3, -0.25) is 4.79 Å². The number of para-hydroxylation sites is 1. The number of rotatable bonds is 8. The summed E-state index contributed by atoms with van der Waals surface area (Å²) in [6.07, 6.45) is 0.758. The Balaban J connectivity index is 1.68. The largest absolute Gasteiger partial charge is 0.487 e. The number of aromatic nitrogens is 3. The van der Waals surface area contributed by atoms with Crippen LogP contribution in [0, 0.1) is 18.6 Å². The Hall–Kier alpha value is -3.60. The van der Waals surface area contributed by atoms with E-state index in [1.54, 1.807) is 32.0 Å². The average molecular weight is 517 g/mol. The summed E-state index contributed by atoms with van der Waals surface area (Å²) < 4.78 is 35.3. The summed E-state index contributed by atoms with van der Waals surface area (Å²) in [7, 11) is 0. The highest BCUT2D eigenvalue weighted by Crippen LogP contribution is 2.32. The van der Waals surface area contributed by atoms with Crippen LogP contribution < -0.4 is 10.1 Å². The molecule has 2 atom stereocenters. The fourth-order valence-corrected chi connectivity index (χ4v) is 4.12. The zero-order valence-electron chi connectivity index (χ0n) is 19.4. The molecule has 0 spiro atoms. The van der Waals surface area contributed by atoms with Crippen molar-refractivity contribution in [2.75, 3.05) is 6.61 Å². The van der Waals surface area contributed by atoms with E-state index in [0.717, 1.165) is 12.3 Å². The molecule has 1 unspecified atom stereocenters. The number of carbonyl (C=O) groups is 1. The first-order valence-corrected chi connectivity index (χ1v) is 11.4. The standard InChI is InChI=1S/C25H23ClF2N4O4/c1-13-6-21(32-10-16(28)9-29-32)17-4-3-5-23(24(17)30-13)36-12-19-18(7-15(27)8-20(19)26)14(2)31-25(35)22(34)11-33/h3-10,14,22,33-34H,11-12H2,1-2H3,(H,31,35)/t14-,22?/m0/s1. The number of ether oxygens (including phenoxy) is 1. The third-order valence-corrected chi connectivity index (χ3v) is 5.91. The van der Waals surface area contributed by atoms with E-state index >= 15 is 0 Å². The van der Waals surface area contributed by atoms with Crippen LogP contribution in [0.25, 0.3) is 16.6 Å². The first-order chi connectivity index (χ1) is 17.2. The molecule has 0 aliphatic heterocycles. The molecule has 0 saturated carbocycles. The zero-order valence-corrected chi connectivity index (χ0v) is 20.1. The van der Waals surface area contributed by atoms with Crippen LogP contribution in [-0.2, 0) is 11.4 Å². The number of nitrogens with one attached hydrogen (secondary N) is 1. The average Bonchev–Trinajstić information content (AvgIpc) is 3.28. The molecule has 3 N–H and O–H groups in total. The molecule has 4 rings (SSSR count). The summed E-state index contributed by atoms with van der Waals surface area (Å²) >= 11 is 6.34. The molecule has 8 nitrogen and oxygen atoms in total. The molecule has 0 aliphatic carbocycles. The maximum absolute atomic E-state index is 14.2. The Morgan fingerprint density at radius 3 is 2.72 bits per heavy atom. The van der Waals surface area contributed by atoms with Crippen LogP contribution in [-0.4, -0.2) is 43.6 Å². The Kier molecular flexibility index (Phi) is 7.48. The van der Waals surface area contributed by atoms with Crippen LogP contribution in [0.15, 0.2) is 48.8 Å². The van der Waals surface area contributed by atoms with Gasteiger partial charge in [0.2, 0.25) is 0 Å². The highest BCUT2D eigenvalue weighted by atomic mass is 35.5. The summed E-state index contributed by atoms with van der Waals surface area (Å²) in [5, 5.41) is 25.9. The van der Waals surface area contributed by atoms with Gasteiger partial charge < -0.3 is 20.3 Å². The minimum atomic E-state index is -1.61. The van der Waals surface area contributed by atoms with Crippen molar-refractivity contribution < 1.29 is 28.5 Å². The molecule has 0 radical (unpaired) electrons. The Bertz CT molecular complexity index is 1430. The van der Waals surface area contributed by atoms with Crippen molar-refractivity contribution in [1.82, 2.24) is 20.1 Å². The Morgan fingerprint density at radius 1 is 1.25 bits per heavy atom. The molecule has 0 aliphatic rings. The number of pyridine rings is 1. The lowest BCUT2D eigenvalue weighted by molar-refractivity contribution is -0.131. The van der Waals surface area contributed by atoms with Gasteiger partial charge in [0.25, 0.3) is 5.91 Å². The smallest absolute Gasteiger partial charge is 0.251 e. The molecular weight excluding hydrogens is 494 g/mol. The molecule has 188 valence electrons. The monoisotopic (exact) mass is 516 g/mol. The molecule has 2 aromatic carbocycles. The zero-order chi connectivity index (χ0) is 26.0. The number of hydrogen-bond donors (Lipinski definition) is 3. The lowest BCUT2D eigenvalue weighted by Crippen LogP contribution is -2.38. The van der Waals surface area contributed by atoms with Crippen molar-refractivity contribution in [2.45, 2.75) is 32.6 Å². The molecule has 11 heteroatoms. The third-order valence-electron chi connectivity index (χ3n) is 5.57. The molecule has 1 amide bonds. The lowest BCUT2D eigenvalue weighted by atomic mass is 10.0. The van der Waals surface area contributed by atoms with E-state index in [4.69, 9.17) is 21.4 Å². The number of halogens is 3. The summed E-state index contributed by atoms with van der Waals surface area (Å²) in [5.41, 5.74) is 2.55. The maximum Gasteiger partial charge on any atom is 0.251 e. The highest BCUT2D eigenvalue weighted by Gasteiger charge is 2.22. The second-order valence-electron chi connectivity index (χ2n) is 8.21. The minimum absolute atomic E-state index is 0.0856. The molecule has 2 aromatic heterocycles. The van der Waals surface area contributed by atoms with Crippen molar-refractivity contribution in [3.8, 4) is 11.4 Å². The van der Waals surface area contributed by atoms with Gasteiger partial charge in [0, 0.05) is 16.6 Å². The molecular formula is C25H23ClF2N4O4. The van der Waals surface area contributed by atoms with E-state index in [2.05, 4.69) is 15.4 Å². The van der Waals surface area contributed by atoms with E-state index in [0.29, 0.717) is 39.2 Å². The summed E-state index contributed by atoms with van der Waals surface area (Å²) in [6.45, 7) is 2.55. The van der Waals surface area contributed by atoms with Crippen LogP contribution in [0.2, 0.25) is 5.02 Å². The topological polar surface area (TPSA) is 110 Å². The summed E-state index contributed by atoms with van der Waals surface area (Å²) in [6, 6.07) is 8.65. The van der Waals surface area contributed by atoms with Gasteiger partial charge in [-0.1, -0.05) is 23.7 Å². The lowest BCUT2D eigenvalue weighted by Gasteiger charge is -2.21. The number of aryl methyl sites for hydroxylation is 1. The van der Waals surface area contributed by atoms with Crippen LogP contribution in [0.3, 0.4) is 0 Å². The second-order valence-corrected chi connectivity index (χ2v) is 8.62. The van der Waals surface area contributed by atoms with Gasteiger partial charge in [0.1, 0.15) is 23.7 Å². The predicted molar refractivity (Wildman–Crippen MR) is 129 cm³/mol. The van der Waals surface area contributed by atoms with E-state index in [1.807, 2.05) is 6.07 Å². The van der Waals surface area contributed by atoms with Gasteiger partial charge in [-0.25, -0.2) is 18.4 Å². The number of fused-ring (bicyclic) bond motifs is 1. The first-order valence-electron chi connectivity index (χ1n) is 11.0. The number of benzene rings is 2. The fraction of sp³-hybridized carbons (Fsp3) is 0.240. The van der Waals surface area contributed by atoms with Crippen molar-refractivity contribution in [2.24, 2.45) is 0 Å². The van der Waals surface area contributed by atoms with Crippen molar-refractivity contribution in [3.05, 3.63) is 82.3 Å². The number of amides is 1. The molecule has 36 heavy (non-hydrogen) atoms. The predicted octanol–water partition coefficient (Wildman–Crippen LogP) is 3.77. The number of aliphatic hydroxyl groups is 2. The minimum Gasteiger partial charge on any atom is -0.487 e. The van der Waals surface area contributed by atoms with Gasteiger partial charge in [-0.05, 0) is 43.7 Å². The van der Waals surface area contributed by atoms with E-state index in [9.17, 15) is 18.7 Å². The summed E-state index contributed by atoms with van der Waals surface area (Å²) in [4.78, 5) is 16.6. The summed E-state index contributed by atoms with van der Waals surface area (Å²) in [5.74, 6) is -1.49. The van der Waals surface area contributed by atoms with Gasteiger partial charge in [-0.2, -0.15) is 5.10 Å². The second kappa shape index (κ2) is 10.6. The number of hydrogen-bond acceptors (Lipinski definition) is 6. The SMILES string of the molecule is Cc1cc(-n2cc(F)cn2)c2cccc(OCc3c(Cl)cc(F)cc3[C@H](C)NC(=O)C(O)CO)c2n1. The van der Waals surface area contributed by atoms with Crippen LogP contribution in [0.1, 0.15) is 29.8 Å². The van der Waals surface area contributed by atoms with Gasteiger partial charge >= 0.3 is 0 Å². The van der Waals surface area contributed by atoms with Gasteiger partial charge in [0.05, 0.1) is 35.8 Å². The highest BCUT2D eigenvalue weighted by molar-refractivity contribution is 6.31. The maximum atomic E-state index is 14.2. The Labute approximate surface area is 210 Å². The van der Waals surface area contributed by atoms with E-state index in [1.165, 1.54) is 16.9 Å². The van der Waals surface area contributed by atoms with Crippen molar-refractivity contribution in [1.29, 1.82) is 0 Å². The van der Waals surface area contributed by atoms with Gasteiger partial charge in [-0.15, -0.1) is 0 Å². The normalized spacial score (nSPS) is 13.0. The third kappa shape index (κ3) is 5.30. The number of nitrogens with zero attached hydrogens (tertiary/aromatic N) is 3. The van der Waals surface area contributed by atoms with Crippen molar-refractivity contribution in [3.63, 3.8) is 0 Å². The number of carbonyl (C=O) groups excluding carboxylic acids is 1. The first kappa shape index (κ1) is 25.5. The molecule has 4 aromatic rings. The molecule has 0 bridgehead atoms. The Morgan fingerprint density at radius 2 is 2.03 bits per heavy atom. The van der Waals surface area contributed by atoms with E-state index in [-0.39, 0.29) is 11.6 Å².